The van der Waals surface area contributed by atoms with E-state index in [9.17, 15) is 0 Å². The fraction of sp³-hybridized carbons (Fsp3) is 0.538. The molecule has 0 aromatic heterocycles. The molecule has 0 saturated carbocycles. The van der Waals surface area contributed by atoms with Crippen LogP contribution in [0.1, 0.15) is 17.9 Å². The highest BCUT2D eigenvalue weighted by Gasteiger charge is 2.27. The number of nitrogens with zero attached hydrogens (tertiary/aromatic N) is 1. The first kappa shape index (κ1) is 12.1. The number of likely N-dealkylation sites (tertiary alicyclic amines) is 1. The van der Waals surface area contributed by atoms with Crippen LogP contribution in [0.5, 0.6) is 0 Å². The van der Waals surface area contributed by atoms with Gasteiger partial charge in [0.15, 0.2) is 0 Å². The molecule has 1 aliphatic heterocycles. The largest absolute Gasteiger partial charge is 0.330 e. The molecule has 0 spiro atoms. The van der Waals surface area contributed by atoms with E-state index in [-0.39, 0.29) is 0 Å². The molecule has 0 amide bonds. The average Bonchev–Trinajstić information content (AvgIpc) is 2.66. The van der Waals surface area contributed by atoms with Gasteiger partial charge in [0.2, 0.25) is 0 Å². The van der Waals surface area contributed by atoms with Gasteiger partial charge < -0.3 is 10.6 Å². The van der Waals surface area contributed by atoms with Crippen LogP contribution in [-0.2, 0) is 0 Å². The average molecular weight is 283 g/mol. The summed E-state index contributed by atoms with van der Waals surface area (Å²) < 4.78 is 1.15. The Morgan fingerprint density at radius 2 is 2.38 bits per heavy atom. The van der Waals surface area contributed by atoms with Crippen molar-refractivity contribution in [2.75, 3.05) is 26.7 Å². The van der Waals surface area contributed by atoms with Gasteiger partial charge in [-0.25, -0.2) is 0 Å². The van der Waals surface area contributed by atoms with E-state index >= 15 is 0 Å². The molecular formula is C13H19BrN2. The summed E-state index contributed by atoms with van der Waals surface area (Å²) in [6, 6.07) is 8.56. The maximum absolute atomic E-state index is 5.95. The molecule has 1 aliphatic rings. The molecule has 3 heteroatoms. The van der Waals surface area contributed by atoms with E-state index in [2.05, 4.69) is 52.1 Å². The highest BCUT2D eigenvalue weighted by Crippen LogP contribution is 2.31. The Morgan fingerprint density at radius 3 is 2.94 bits per heavy atom. The molecule has 1 aromatic carbocycles. The van der Waals surface area contributed by atoms with Crippen LogP contribution in [0.4, 0.5) is 0 Å². The van der Waals surface area contributed by atoms with Crippen molar-refractivity contribution >= 4 is 15.9 Å². The van der Waals surface area contributed by atoms with Gasteiger partial charge in [-0.05, 0) is 50.2 Å². The molecule has 0 aliphatic carbocycles. The van der Waals surface area contributed by atoms with Crippen LogP contribution in [-0.4, -0.2) is 31.6 Å². The minimum absolute atomic E-state index is 0.502. The zero-order valence-electron chi connectivity index (χ0n) is 9.70. The van der Waals surface area contributed by atoms with Gasteiger partial charge in [0.1, 0.15) is 0 Å². The molecule has 1 saturated heterocycles. The normalized spacial score (nSPS) is 23.6. The smallest absolute Gasteiger partial charge is 0.0178 e. The molecule has 1 heterocycles. The molecule has 0 bridgehead atoms. The molecule has 2 rings (SSSR count). The van der Waals surface area contributed by atoms with Crippen LogP contribution in [0, 0.1) is 5.92 Å². The monoisotopic (exact) mass is 282 g/mol. The fourth-order valence-electron chi connectivity index (χ4n) is 2.64. The maximum Gasteiger partial charge on any atom is 0.0178 e. The van der Waals surface area contributed by atoms with Crippen LogP contribution in [0.15, 0.2) is 28.7 Å². The van der Waals surface area contributed by atoms with Crippen molar-refractivity contribution in [1.29, 1.82) is 0 Å². The molecule has 1 aromatic rings. The summed E-state index contributed by atoms with van der Waals surface area (Å²) in [4.78, 5) is 2.39. The summed E-state index contributed by atoms with van der Waals surface area (Å²) in [7, 11) is 2.19. The molecule has 2 atom stereocenters. The second-order valence-electron chi connectivity index (χ2n) is 4.71. The van der Waals surface area contributed by atoms with E-state index in [1.54, 1.807) is 0 Å². The number of hydrogen-bond donors (Lipinski definition) is 1. The van der Waals surface area contributed by atoms with E-state index < -0.39 is 0 Å². The summed E-state index contributed by atoms with van der Waals surface area (Å²) >= 11 is 3.53. The van der Waals surface area contributed by atoms with Crippen LogP contribution in [0.2, 0.25) is 0 Å². The van der Waals surface area contributed by atoms with Crippen LogP contribution < -0.4 is 5.73 Å². The predicted octanol–water partition coefficient (Wildman–Crippen LogP) is 2.44. The fourth-order valence-corrected chi connectivity index (χ4v) is 3.05. The number of halogens is 1. The van der Waals surface area contributed by atoms with Crippen LogP contribution in [0.3, 0.4) is 0 Å². The molecular weight excluding hydrogens is 264 g/mol. The molecule has 2 nitrogen and oxygen atoms in total. The van der Waals surface area contributed by atoms with Crippen LogP contribution >= 0.6 is 15.9 Å². The number of nitrogens with two attached hydrogens (primary N) is 1. The number of rotatable bonds is 3. The van der Waals surface area contributed by atoms with Gasteiger partial charge in [-0.3, -0.25) is 0 Å². The topological polar surface area (TPSA) is 29.3 Å². The van der Waals surface area contributed by atoms with Crippen molar-refractivity contribution in [3.8, 4) is 0 Å². The van der Waals surface area contributed by atoms with E-state index in [1.807, 2.05) is 0 Å². The first-order valence-corrected chi connectivity index (χ1v) is 6.64. The Labute approximate surface area is 106 Å². The molecule has 16 heavy (non-hydrogen) atoms. The lowest BCUT2D eigenvalue weighted by atomic mass is 9.85. The second-order valence-corrected chi connectivity index (χ2v) is 5.62. The third-order valence-corrected chi connectivity index (χ3v) is 4.02. The Morgan fingerprint density at radius 1 is 1.56 bits per heavy atom. The predicted molar refractivity (Wildman–Crippen MR) is 71.5 cm³/mol. The van der Waals surface area contributed by atoms with Crippen molar-refractivity contribution in [3.05, 3.63) is 34.3 Å². The van der Waals surface area contributed by atoms with E-state index in [0.717, 1.165) is 11.0 Å². The molecule has 88 valence electrons. The third-order valence-electron chi connectivity index (χ3n) is 3.53. The van der Waals surface area contributed by atoms with Gasteiger partial charge >= 0.3 is 0 Å². The Kier molecular flexibility index (Phi) is 4.00. The first-order chi connectivity index (χ1) is 7.70. The van der Waals surface area contributed by atoms with Gasteiger partial charge in [-0.1, -0.05) is 28.1 Å². The van der Waals surface area contributed by atoms with Crippen molar-refractivity contribution in [3.63, 3.8) is 0 Å². The summed E-state index contributed by atoms with van der Waals surface area (Å²) in [5, 5.41) is 0. The van der Waals surface area contributed by atoms with Gasteiger partial charge in [0, 0.05) is 16.9 Å². The van der Waals surface area contributed by atoms with E-state index in [0.29, 0.717) is 11.8 Å². The zero-order valence-corrected chi connectivity index (χ0v) is 11.3. The van der Waals surface area contributed by atoms with E-state index in [4.69, 9.17) is 5.73 Å². The highest BCUT2D eigenvalue weighted by atomic mass is 79.9. The second kappa shape index (κ2) is 5.30. The van der Waals surface area contributed by atoms with Gasteiger partial charge in [0.25, 0.3) is 0 Å². The minimum atomic E-state index is 0.502. The molecule has 2 N–H and O–H groups in total. The van der Waals surface area contributed by atoms with Crippen LogP contribution in [0.25, 0.3) is 0 Å². The highest BCUT2D eigenvalue weighted by molar-refractivity contribution is 9.10. The van der Waals surface area contributed by atoms with Gasteiger partial charge in [-0.2, -0.15) is 0 Å². The van der Waals surface area contributed by atoms with Gasteiger partial charge in [0.05, 0.1) is 0 Å². The van der Waals surface area contributed by atoms with Crippen molar-refractivity contribution in [2.45, 2.75) is 12.3 Å². The molecule has 0 radical (unpaired) electrons. The summed E-state index contributed by atoms with van der Waals surface area (Å²) in [6.07, 6.45) is 1.27. The maximum atomic E-state index is 5.95. The lowest BCUT2D eigenvalue weighted by molar-refractivity contribution is 0.371. The SMILES string of the molecule is CN1CCC(C(CN)c2cccc(Br)c2)C1. The Balaban J connectivity index is 2.16. The third kappa shape index (κ3) is 2.65. The number of hydrogen-bond acceptors (Lipinski definition) is 2. The Bertz CT molecular complexity index is 354. The van der Waals surface area contributed by atoms with Crippen molar-refractivity contribution in [2.24, 2.45) is 11.7 Å². The molecule has 2 unspecified atom stereocenters. The lowest BCUT2D eigenvalue weighted by Crippen LogP contribution is -2.24. The summed E-state index contributed by atoms with van der Waals surface area (Å²) in [5.41, 5.74) is 7.32. The van der Waals surface area contributed by atoms with E-state index in [1.165, 1.54) is 25.1 Å². The summed E-state index contributed by atoms with van der Waals surface area (Å²) in [6.45, 7) is 3.12. The minimum Gasteiger partial charge on any atom is -0.330 e. The first-order valence-electron chi connectivity index (χ1n) is 5.85. The quantitative estimate of drug-likeness (QED) is 0.923. The lowest BCUT2D eigenvalue weighted by Gasteiger charge is -2.22. The zero-order chi connectivity index (χ0) is 11.5. The molecule has 1 fully saturated rings. The van der Waals surface area contributed by atoms with Crippen molar-refractivity contribution < 1.29 is 0 Å². The summed E-state index contributed by atoms with van der Waals surface area (Å²) in [5.74, 6) is 1.21. The standard InChI is InChI=1S/C13H19BrN2/c1-16-6-5-11(9-16)13(8-15)10-3-2-4-12(14)7-10/h2-4,7,11,13H,5-6,8-9,15H2,1H3. The van der Waals surface area contributed by atoms with Gasteiger partial charge in [-0.15, -0.1) is 0 Å². The van der Waals surface area contributed by atoms with Crippen molar-refractivity contribution in [1.82, 2.24) is 4.90 Å². The number of benzene rings is 1. The Hall–Kier alpha value is -0.380.